The van der Waals surface area contributed by atoms with Crippen LogP contribution in [0.5, 0.6) is 17.2 Å². The van der Waals surface area contributed by atoms with Gasteiger partial charge < -0.3 is 24.0 Å². The molecule has 2 aliphatic rings. The van der Waals surface area contributed by atoms with E-state index in [9.17, 15) is 9.59 Å². The number of anilines is 1. The number of ether oxygens (including phenoxy) is 3. The standard InChI is InChI=1S/C25H26N4O5/c1-32-20-4-2-3-19(16-20)27-11-13-28(14-12-27)24(30)9-10-29-25(31)8-6-21(26-29)18-5-7-22-23(15-18)34-17-33-22/h2-8,15-16H,9-14,17H2,1H3. The normalized spacial score (nSPS) is 14.9. The van der Waals surface area contributed by atoms with Crippen molar-refractivity contribution in [1.82, 2.24) is 14.7 Å². The lowest BCUT2D eigenvalue weighted by Crippen LogP contribution is -2.49. The molecule has 1 aromatic heterocycles. The fraction of sp³-hybridized carbons (Fsp3) is 0.320. The molecule has 34 heavy (non-hydrogen) atoms. The molecule has 2 aliphatic heterocycles. The summed E-state index contributed by atoms with van der Waals surface area (Å²) in [5, 5.41) is 4.47. The van der Waals surface area contributed by atoms with Crippen LogP contribution in [0.4, 0.5) is 5.69 Å². The molecule has 1 fully saturated rings. The van der Waals surface area contributed by atoms with E-state index in [2.05, 4.69) is 10.00 Å². The van der Waals surface area contributed by atoms with Crippen molar-refractivity contribution in [2.45, 2.75) is 13.0 Å². The maximum absolute atomic E-state index is 12.8. The van der Waals surface area contributed by atoms with Gasteiger partial charge in [-0.1, -0.05) is 6.07 Å². The molecule has 176 valence electrons. The number of piperazine rings is 1. The molecule has 1 amide bonds. The first-order chi connectivity index (χ1) is 16.6. The summed E-state index contributed by atoms with van der Waals surface area (Å²) in [7, 11) is 1.65. The fourth-order valence-electron chi connectivity index (χ4n) is 4.20. The van der Waals surface area contributed by atoms with E-state index in [1.54, 1.807) is 13.2 Å². The van der Waals surface area contributed by atoms with E-state index in [-0.39, 0.29) is 31.2 Å². The van der Waals surface area contributed by atoms with Crippen LogP contribution in [0.15, 0.2) is 59.4 Å². The molecular formula is C25H26N4O5. The second kappa shape index (κ2) is 9.46. The molecule has 0 atom stereocenters. The SMILES string of the molecule is COc1cccc(N2CCN(C(=O)CCn3nc(-c4ccc5c(c4)OCO5)ccc3=O)CC2)c1. The molecule has 3 aromatic rings. The number of carbonyl (C=O) groups is 1. The molecule has 0 aliphatic carbocycles. The summed E-state index contributed by atoms with van der Waals surface area (Å²) < 4.78 is 17.4. The Morgan fingerprint density at radius 2 is 1.82 bits per heavy atom. The monoisotopic (exact) mass is 462 g/mol. The van der Waals surface area contributed by atoms with Crippen molar-refractivity contribution >= 4 is 11.6 Å². The van der Waals surface area contributed by atoms with E-state index in [0.29, 0.717) is 30.3 Å². The molecule has 0 radical (unpaired) electrons. The number of rotatable bonds is 6. The zero-order chi connectivity index (χ0) is 23.5. The van der Waals surface area contributed by atoms with Gasteiger partial charge in [0, 0.05) is 56.0 Å². The number of methoxy groups -OCH3 is 1. The van der Waals surface area contributed by atoms with Crippen molar-refractivity contribution in [3.05, 3.63) is 65.0 Å². The molecule has 5 rings (SSSR count). The number of nitrogens with zero attached hydrogens (tertiary/aromatic N) is 4. The molecular weight excluding hydrogens is 436 g/mol. The van der Waals surface area contributed by atoms with Crippen molar-refractivity contribution in [2.24, 2.45) is 0 Å². The lowest BCUT2D eigenvalue weighted by atomic mass is 10.1. The maximum atomic E-state index is 12.8. The number of aryl methyl sites for hydroxylation is 1. The van der Waals surface area contributed by atoms with Crippen LogP contribution in [0.2, 0.25) is 0 Å². The van der Waals surface area contributed by atoms with Crippen LogP contribution in [0, 0.1) is 0 Å². The molecule has 0 saturated carbocycles. The summed E-state index contributed by atoms with van der Waals surface area (Å²) in [4.78, 5) is 29.3. The number of hydrogen-bond donors (Lipinski definition) is 0. The summed E-state index contributed by atoms with van der Waals surface area (Å²) in [5.74, 6) is 2.18. The molecule has 0 bridgehead atoms. The van der Waals surface area contributed by atoms with Crippen molar-refractivity contribution in [1.29, 1.82) is 0 Å². The third-order valence-corrected chi connectivity index (χ3v) is 6.12. The lowest BCUT2D eigenvalue weighted by molar-refractivity contribution is -0.131. The van der Waals surface area contributed by atoms with Gasteiger partial charge in [-0.3, -0.25) is 9.59 Å². The van der Waals surface area contributed by atoms with E-state index in [1.807, 2.05) is 47.4 Å². The van der Waals surface area contributed by atoms with E-state index < -0.39 is 0 Å². The van der Waals surface area contributed by atoms with Crippen LogP contribution in [0.1, 0.15) is 6.42 Å². The highest BCUT2D eigenvalue weighted by molar-refractivity contribution is 5.76. The van der Waals surface area contributed by atoms with Gasteiger partial charge in [-0.05, 0) is 36.4 Å². The second-order valence-corrected chi connectivity index (χ2v) is 8.17. The minimum Gasteiger partial charge on any atom is -0.497 e. The van der Waals surface area contributed by atoms with E-state index >= 15 is 0 Å². The zero-order valence-corrected chi connectivity index (χ0v) is 19.0. The van der Waals surface area contributed by atoms with Gasteiger partial charge >= 0.3 is 0 Å². The van der Waals surface area contributed by atoms with Crippen LogP contribution < -0.4 is 24.7 Å². The van der Waals surface area contributed by atoms with Gasteiger partial charge in [-0.2, -0.15) is 5.10 Å². The molecule has 1 saturated heterocycles. The Morgan fingerprint density at radius 3 is 2.65 bits per heavy atom. The van der Waals surface area contributed by atoms with E-state index in [1.165, 1.54) is 10.7 Å². The van der Waals surface area contributed by atoms with Gasteiger partial charge in [0.15, 0.2) is 11.5 Å². The number of benzene rings is 2. The van der Waals surface area contributed by atoms with E-state index in [4.69, 9.17) is 14.2 Å². The minimum atomic E-state index is -0.236. The Labute approximate surface area is 197 Å². The van der Waals surface area contributed by atoms with Crippen LogP contribution in [0.3, 0.4) is 0 Å². The molecule has 0 unspecified atom stereocenters. The van der Waals surface area contributed by atoms with Gasteiger partial charge in [0.2, 0.25) is 12.7 Å². The predicted octanol–water partition coefficient (Wildman–Crippen LogP) is 2.39. The Kier molecular flexibility index (Phi) is 6.07. The quantitative estimate of drug-likeness (QED) is 0.556. The van der Waals surface area contributed by atoms with Gasteiger partial charge in [0.25, 0.3) is 5.56 Å². The first-order valence-corrected chi connectivity index (χ1v) is 11.3. The van der Waals surface area contributed by atoms with Crippen LogP contribution in [-0.2, 0) is 11.3 Å². The first kappa shape index (κ1) is 21.8. The molecule has 0 spiro atoms. The summed E-state index contributed by atoms with van der Waals surface area (Å²) in [6, 6.07) is 16.6. The van der Waals surface area contributed by atoms with Crippen molar-refractivity contribution < 1.29 is 19.0 Å². The summed E-state index contributed by atoms with van der Waals surface area (Å²) in [6.07, 6.45) is 0.219. The molecule has 9 heteroatoms. The fourth-order valence-corrected chi connectivity index (χ4v) is 4.20. The number of carbonyl (C=O) groups excluding carboxylic acids is 1. The summed E-state index contributed by atoms with van der Waals surface area (Å²) in [5.41, 5.74) is 2.30. The smallest absolute Gasteiger partial charge is 0.266 e. The predicted molar refractivity (Wildman–Crippen MR) is 126 cm³/mol. The van der Waals surface area contributed by atoms with E-state index in [0.717, 1.165) is 30.1 Å². The Balaban J connectivity index is 1.19. The van der Waals surface area contributed by atoms with Gasteiger partial charge in [0.05, 0.1) is 19.3 Å². The van der Waals surface area contributed by atoms with Crippen LogP contribution in [-0.4, -0.2) is 60.7 Å². The average molecular weight is 463 g/mol. The van der Waals surface area contributed by atoms with Gasteiger partial charge in [0.1, 0.15) is 5.75 Å². The minimum absolute atomic E-state index is 0.0208. The Morgan fingerprint density at radius 1 is 1.00 bits per heavy atom. The number of hydrogen-bond acceptors (Lipinski definition) is 7. The van der Waals surface area contributed by atoms with Crippen molar-refractivity contribution in [3.8, 4) is 28.5 Å². The van der Waals surface area contributed by atoms with Gasteiger partial charge in [-0.15, -0.1) is 0 Å². The third-order valence-electron chi connectivity index (χ3n) is 6.12. The highest BCUT2D eigenvalue weighted by atomic mass is 16.7. The van der Waals surface area contributed by atoms with Crippen molar-refractivity contribution in [3.63, 3.8) is 0 Å². The van der Waals surface area contributed by atoms with Crippen LogP contribution >= 0.6 is 0 Å². The largest absolute Gasteiger partial charge is 0.497 e. The highest BCUT2D eigenvalue weighted by Gasteiger charge is 2.22. The highest BCUT2D eigenvalue weighted by Crippen LogP contribution is 2.35. The Hall–Kier alpha value is -4.01. The number of amides is 1. The summed E-state index contributed by atoms with van der Waals surface area (Å²) >= 11 is 0. The summed E-state index contributed by atoms with van der Waals surface area (Å²) in [6.45, 7) is 3.19. The van der Waals surface area contributed by atoms with Crippen molar-refractivity contribution in [2.75, 3.05) is 45.0 Å². The lowest BCUT2D eigenvalue weighted by Gasteiger charge is -2.36. The zero-order valence-electron chi connectivity index (χ0n) is 19.0. The molecule has 2 aromatic carbocycles. The Bertz CT molecular complexity index is 1250. The number of aromatic nitrogens is 2. The maximum Gasteiger partial charge on any atom is 0.266 e. The topological polar surface area (TPSA) is 86.1 Å². The van der Waals surface area contributed by atoms with Crippen LogP contribution in [0.25, 0.3) is 11.3 Å². The third kappa shape index (κ3) is 4.54. The number of fused-ring (bicyclic) bond motifs is 1. The molecule has 9 nitrogen and oxygen atoms in total. The first-order valence-electron chi connectivity index (χ1n) is 11.3. The molecule has 3 heterocycles. The van der Waals surface area contributed by atoms with Gasteiger partial charge in [-0.25, -0.2) is 4.68 Å². The second-order valence-electron chi connectivity index (χ2n) is 8.17. The molecule has 0 N–H and O–H groups in total. The average Bonchev–Trinajstić information content (AvgIpc) is 3.36.